The van der Waals surface area contributed by atoms with E-state index in [2.05, 4.69) is 0 Å². The second-order valence-electron chi connectivity index (χ2n) is 3.25. The molecule has 0 aliphatic heterocycles. The molecule has 0 saturated heterocycles. The molecule has 0 saturated carbocycles. The quantitative estimate of drug-likeness (QED) is 0.612. The Bertz CT molecular complexity index is 502. The number of carboxylic acid groups (broad SMARTS) is 1. The van der Waals surface area contributed by atoms with Crippen LogP contribution in [0.1, 0.15) is 16.7 Å². The highest BCUT2D eigenvalue weighted by Crippen LogP contribution is 2.23. The van der Waals surface area contributed by atoms with Gasteiger partial charge in [0.05, 0.1) is 11.3 Å². The zero-order chi connectivity index (χ0) is 12.3. The van der Waals surface area contributed by atoms with E-state index in [-0.39, 0.29) is 17.7 Å². The number of carbonyl (C=O) groups is 1. The molecule has 16 heavy (non-hydrogen) atoms. The van der Waals surface area contributed by atoms with Crippen molar-refractivity contribution < 1.29 is 14.8 Å². The van der Waals surface area contributed by atoms with Crippen molar-refractivity contribution in [3.8, 4) is 6.07 Å². The molecule has 0 fully saturated rings. The molecule has 1 aromatic rings. The zero-order valence-electron chi connectivity index (χ0n) is 8.43. The highest BCUT2D eigenvalue weighted by molar-refractivity contribution is 5.71. The van der Waals surface area contributed by atoms with Crippen LogP contribution in [-0.4, -0.2) is 16.0 Å². The molecule has 1 N–H and O–H groups in total. The Kier molecular flexibility index (Phi) is 3.20. The van der Waals surface area contributed by atoms with E-state index >= 15 is 0 Å². The van der Waals surface area contributed by atoms with Crippen LogP contribution in [-0.2, 0) is 11.2 Å². The zero-order valence-corrected chi connectivity index (χ0v) is 8.43. The summed E-state index contributed by atoms with van der Waals surface area (Å²) >= 11 is 0. The smallest absolute Gasteiger partial charge is 0.307 e. The summed E-state index contributed by atoms with van der Waals surface area (Å²) in [6, 6.07) is 4.33. The maximum absolute atomic E-state index is 10.7. The third kappa shape index (κ3) is 2.33. The van der Waals surface area contributed by atoms with Crippen molar-refractivity contribution in [1.29, 1.82) is 5.26 Å². The first-order valence-electron chi connectivity index (χ1n) is 4.35. The van der Waals surface area contributed by atoms with Crippen LogP contribution >= 0.6 is 0 Å². The highest BCUT2D eigenvalue weighted by Gasteiger charge is 2.18. The minimum Gasteiger partial charge on any atom is -0.481 e. The van der Waals surface area contributed by atoms with E-state index in [1.54, 1.807) is 6.07 Å². The molecule has 1 rings (SSSR count). The van der Waals surface area contributed by atoms with Gasteiger partial charge in [0.25, 0.3) is 5.69 Å². The molecular weight excluding hydrogens is 212 g/mol. The number of benzene rings is 1. The monoisotopic (exact) mass is 220 g/mol. The number of rotatable bonds is 3. The second kappa shape index (κ2) is 4.40. The fourth-order valence-electron chi connectivity index (χ4n) is 1.41. The minimum atomic E-state index is -1.07. The second-order valence-corrected chi connectivity index (χ2v) is 3.25. The Morgan fingerprint density at radius 1 is 1.62 bits per heavy atom. The molecule has 0 aromatic heterocycles. The molecular formula is C10H8N2O4. The van der Waals surface area contributed by atoms with Crippen LogP contribution in [0.25, 0.3) is 0 Å². The Hall–Kier alpha value is -2.42. The predicted molar refractivity (Wildman–Crippen MR) is 53.9 cm³/mol. The average Bonchev–Trinajstić information content (AvgIpc) is 2.15. The number of nitro groups is 1. The normalized spacial score (nSPS) is 9.50. The molecule has 82 valence electrons. The van der Waals surface area contributed by atoms with Crippen molar-refractivity contribution in [2.24, 2.45) is 0 Å². The molecule has 0 aliphatic carbocycles. The van der Waals surface area contributed by atoms with Crippen molar-refractivity contribution in [2.75, 3.05) is 0 Å². The third-order valence-electron chi connectivity index (χ3n) is 2.04. The summed E-state index contributed by atoms with van der Waals surface area (Å²) in [5.74, 6) is -1.07. The van der Waals surface area contributed by atoms with Gasteiger partial charge in [-0.1, -0.05) is 6.07 Å². The van der Waals surface area contributed by atoms with Crippen LogP contribution in [0.4, 0.5) is 5.69 Å². The van der Waals surface area contributed by atoms with Gasteiger partial charge in [-0.25, -0.2) is 0 Å². The highest BCUT2D eigenvalue weighted by atomic mass is 16.6. The van der Waals surface area contributed by atoms with E-state index in [9.17, 15) is 14.9 Å². The summed E-state index contributed by atoms with van der Waals surface area (Å²) in [6.07, 6.45) is -0.298. The van der Waals surface area contributed by atoms with E-state index in [1.807, 2.05) is 0 Å². The van der Waals surface area contributed by atoms with Crippen LogP contribution < -0.4 is 0 Å². The van der Waals surface area contributed by atoms with Crippen LogP contribution in [0.5, 0.6) is 0 Å². The molecule has 0 amide bonds. The van der Waals surface area contributed by atoms with Gasteiger partial charge in [-0.2, -0.15) is 5.26 Å². The van der Waals surface area contributed by atoms with Gasteiger partial charge >= 0.3 is 5.97 Å². The number of nitrogens with zero attached hydrogens (tertiary/aromatic N) is 2. The molecule has 0 spiro atoms. The van der Waals surface area contributed by atoms with Crippen molar-refractivity contribution in [1.82, 2.24) is 0 Å². The molecule has 0 bridgehead atoms. The van der Waals surface area contributed by atoms with Gasteiger partial charge in [-0.3, -0.25) is 14.9 Å². The lowest BCUT2D eigenvalue weighted by molar-refractivity contribution is -0.385. The van der Waals surface area contributed by atoms with Crippen molar-refractivity contribution >= 4 is 11.7 Å². The van der Waals surface area contributed by atoms with Gasteiger partial charge in [-0.05, 0) is 18.1 Å². The summed E-state index contributed by atoms with van der Waals surface area (Å²) < 4.78 is 0. The number of hydrogen-bond acceptors (Lipinski definition) is 4. The first-order valence-corrected chi connectivity index (χ1v) is 4.35. The molecule has 0 radical (unpaired) electrons. The Morgan fingerprint density at radius 3 is 2.69 bits per heavy atom. The molecule has 0 unspecified atom stereocenters. The van der Waals surface area contributed by atoms with Crippen molar-refractivity contribution in [3.05, 3.63) is 38.9 Å². The third-order valence-corrected chi connectivity index (χ3v) is 2.04. The average molecular weight is 220 g/mol. The number of carboxylic acids is 1. The molecule has 6 nitrogen and oxygen atoms in total. The minimum absolute atomic E-state index is 0.0286. The summed E-state index contributed by atoms with van der Waals surface area (Å²) in [5.41, 5.74) is 0.349. The van der Waals surface area contributed by atoms with Crippen LogP contribution in [0.15, 0.2) is 12.1 Å². The van der Waals surface area contributed by atoms with Crippen LogP contribution in [0.2, 0.25) is 0 Å². The van der Waals surface area contributed by atoms with E-state index in [0.717, 1.165) is 6.07 Å². The maximum Gasteiger partial charge on any atom is 0.307 e. The first-order chi connectivity index (χ1) is 7.45. The lowest BCUT2D eigenvalue weighted by Crippen LogP contribution is -2.03. The van der Waals surface area contributed by atoms with Gasteiger partial charge in [0, 0.05) is 6.07 Å². The van der Waals surface area contributed by atoms with E-state index in [0.29, 0.717) is 11.1 Å². The summed E-state index contributed by atoms with van der Waals surface area (Å²) in [7, 11) is 0. The number of aryl methyl sites for hydroxylation is 1. The first kappa shape index (κ1) is 11.7. The largest absolute Gasteiger partial charge is 0.481 e. The maximum atomic E-state index is 10.7. The summed E-state index contributed by atoms with van der Waals surface area (Å²) in [6.45, 7) is 1.54. The fraction of sp³-hybridized carbons (Fsp3) is 0.200. The number of nitro benzene ring substituents is 1. The Morgan fingerprint density at radius 2 is 2.25 bits per heavy atom. The van der Waals surface area contributed by atoms with Gasteiger partial charge in [-0.15, -0.1) is 0 Å². The predicted octanol–water partition coefficient (Wildman–Crippen LogP) is 1.40. The van der Waals surface area contributed by atoms with Crippen LogP contribution in [0, 0.1) is 28.4 Å². The Labute approximate surface area is 90.9 Å². The number of hydrogen-bond donors (Lipinski definition) is 1. The van der Waals surface area contributed by atoms with Crippen LogP contribution in [0.3, 0.4) is 0 Å². The van der Waals surface area contributed by atoms with E-state index in [4.69, 9.17) is 10.4 Å². The molecule has 1 aromatic carbocycles. The number of aliphatic carboxylic acids is 1. The lowest BCUT2D eigenvalue weighted by Gasteiger charge is -2.02. The fourth-order valence-corrected chi connectivity index (χ4v) is 1.41. The van der Waals surface area contributed by atoms with E-state index in [1.165, 1.54) is 13.0 Å². The van der Waals surface area contributed by atoms with Crippen molar-refractivity contribution in [2.45, 2.75) is 13.3 Å². The standard InChI is InChI=1S/C10H8N2O4/c1-6-2-7(4-10(13)14)3-9(12(15)16)8(6)5-11/h2-3H,4H2,1H3,(H,13,14). The van der Waals surface area contributed by atoms with Gasteiger partial charge < -0.3 is 5.11 Å². The molecule has 0 atom stereocenters. The van der Waals surface area contributed by atoms with Gasteiger partial charge in [0.15, 0.2) is 0 Å². The molecule has 0 aliphatic rings. The SMILES string of the molecule is Cc1cc(CC(=O)O)cc([N+](=O)[O-])c1C#N. The summed E-state index contributed by atoms with van der Waals surface area (Å²) in [5, 5.41) is 28.0. The molecule has 0 heterocycles. The number of nitriles is 1. The lowest BCUT2D eigenvalue weighted by atomic mass is 10.0. The topological polar surface area (TPSA) is 104 Å². The van der Waals surface area contributed by atoms with Gasteiger partial charge in [0.2, 0.25) is 0 Å². The molecule has 6 heteroatoms. The summed E-state index contributed by atoms with van der Waals surface area (Å²) in [4.78, 5) is 20.5. The van der Waals surface area contributed by atoms with Crippen molar-refractivity contribution in [3.63, 3.8) is 0 Å². The Balaban J connectivity index is 3.35. The van der Waals surface area contributed by atoms with Gasteiger partial charge in [0.1, 0.15) is 11.6 Å². The van der Waals surface area contributed by atoms with E-state index < -0.39 is 10.9 Å².